The second-order valence-electron chi connectivity index (χ2n) is 10.7. The van der Waals surface area contributed by atoms with Crippen LogP contribution < -0.4 is 0 Å². The van der Waals surface area contributed by atoms with E-state index in [1.165, 1.54) is 11.1 Å². The van der Waals surface area contributed by atoms with Crippen LogP contribution in [0, 0.1) is 0 Å². The van der Waals surface area contributed by atoms with Crippen LogP contribution in [0.1, 0.15) is 46.2 Å². The highest BCUT2D eigenvalue weighted by Crippen LogP contribution is 2.33. The van der Waals surface area contributed by atoms with Gasteiger partial charge in [-0.15, -0.1) is 0 Å². The van der Waals surface area contributed by atoms with Crippen molar-refractivity contribution in [3.63, 3.8) is 0 Å². The van der Waals surface area contributed by atoms with Crippen molar-refractivity contribution in [2.75, 3.05) is 0 Å². The summed E-state index contributed by atoms with van der Waals surface area (Å²) in [4.78, 5) is 18.3. The van der Waals surface area contributed by atoms with Crippen molar-refractivity contribution in [2.45, 2.75) is 64.1 Å². The molecule has 1 fully saturated rings. The fourth-order valence-electron chi connectivity index (χ4n) is 5.89. The summed E-state index contributed by atoms with van der Waals surface area (Å²) in [6, 6.07) is 36.9. The summed E-state index contributed by atoms with van der Waals surface area (Å²) < 4.78 is 0. The number of aliphatic hydroxyl groups is 2. The normalized spacial score (nSPS) is 17.0. The Kier molecular flexibility index (Phi) is 9.27. The SMILES string of the molecule is O=C1N(Cc2cccc(CO)c2)[C@H](CCc2ccccc2)[C@@H](CCc2ccccc2)N1Cc1cccc(CO)c1. The molecular formula is C35H38N2O3. The summed E-state index contributed by atoms with van der Waals surface area (Å²) in [5.41, 5.74) is 6.29. The van der Waals surface area contributed by atoms with Gasteiger partial charge in [-0.05, 0) is 59.1 Å². The van der Waals surface area contributed by atoms with Crippen LogP contribution in [0.4, 0.5) is 4.79 Å². The Morgan fingerprint density at radius 1 is 0.500 bits per heavy atom. The summed E-state index contributed by atoms with van der Waals surface area (Å²) in [6.07, 6.45) is 3.51. The Labute approximate surface area is 237 Å². The van der Waals surface area contributed by atoms with E-state index in [9.17, 15) is 15.0 Å². The molecule has 0 aliphatic carbocycles. The van der Waals surface area contributed by atoms with E-state index in [0.29, 0.717) is 13.1 Å². The first-order valence-electron chi connectivity index (χ1n) is 14.2. The molecule has 206 valence electrons. The van der Waals surface area contributed by atoms with Gasteiger partial charge in [0, 0.05) is 13.1 Å². The molecule has 4 aromatic carbocycles. The number of nitrogens with zero attached hydrogens (tertiary/aromatic N) is 2. The average molecular weight is 535 g/mol. The molecule has 1 aliphatic rings. The Bertz CT molecular complexity index is 1270. The molecule has 4 aromatic rings. The van der Waals surface area contributed by atoms with Gasteiger partial charge in [-0.1, -0.05) is 109 Å². The van der Waals surface area contributed by atoms with Gasteiger partial charge in [0.2, 0.25) is 0 Å². The van der Waals surface area contributed by atoms with Gasteiger partial charge in [0.25, 0.3) is 0 Å². The van der Waals surface area contributed by atoms with Crippen molar-refractivity contribution in [1.29, 1.82) is 0 Å². The number of carbonyl (C=O) groups is 1. The lowest BCUT2D eigenvalue weighted by molar-refractivity contribution is 0.180. The maximum atomic E-state index is 14.2. The predicted octanol–water partition coefficient (Wildman–Crippen LogP) is 6.11. The van der Waals surface area contributed by atoms with E-state index in [4.69, 9.17) is 0 Å². The highest BCUT2D eigenvalue weighted by atomic mass is 16.3. The summed E-state index contributed by atoms with van der Waals surface area (Å²) in [7, 11) is 0. The molecule has 1 heterocycles. The second-order valence-corrected chi connectivity index (χ2v) is 10.7. The number of aliphatic hydroxyl groups excluding tert-OH is 2. The topological polar surface area (TPSA) is 64.0 Å². The number of hydrogen-bond donors (Lipinski definition) is 2. The lowest BCUT2D eigenvalue weighted by Crippen LogP contribution is -2.38. The van der Waals surface area contributed by atoms with Gasteiger partial charge >= 0.3 is 6.03 Å². The van der Waals surface area contributed by atoms with Gasteiger partial charge in [-0.25, -0.2) is 4.79 Å². The molecule has 40 heavy (non-hydrogen) atoms. The number of carbonyl (C=O) groups excluding carboxylic acids is 1. The lowest BCUT2D eigenvalue weighted by atomic mass is 9.93. The van der Waals surface area contributed by atoms with Crippen molar-refractivity contribution in [1.82, 2.24) is 9.80 Å². The van der Waals surface area contributed by atoms with Crippen LogP contribution in [-0.4, -0.2) is 38.1 Å². The minimum atomic E-state index is -0.0216. The predicted molar refractivity (Wildman–Crippen MR) is 158 cm³/mol. The van der Waals surface area contributed by atoms with E-state index >= 15 is 0 Å². The molecule has 1 aliphatic heterocycles. The number of amides is 2. The summed E-state index contributed by atoms with van der Waals surface area (Å²) in [5.74, 6) is 0. The minimum Gasteiger partial charge on any atom is -0.392 e. The van der Waals surface area contributed by atoms with E-state index in [1.807, 2.05) is 70.5 Å². The monoisotopic (exact) mass is 534 g/mol. The molecule has 0 aromatic heterocycles. The molecule has 0 radical (unpaired) electrons. The number of benzene rings is 4. The number of aryl methyl sites for hydroxylation is 2. The molecule has 5 heteroatoms. The number of hydrogen-bond acceptors (Lipinski definition) is 3. The molecule has 5 rings (SSSR count). The molecule has 0 unspecified atom stereocenters. The van der Waals surface area contributed by atoms with E-state index in [1.54, 1.807) is 0 Å². The number of rotatable bonds is 12. The zero-order valence-electron chi connectivity index (χ0n) is 22.9. The van der Waals surface area contributed by atoms with E-state index in [0.717, 1.165) is 47.9 Å². The molecule has 2 N–H and O–H groups in total. The van der Waals surface area contributed by atoms with Crippen LogP contribution >= 0.6 is 0 Å². The Morgan fingerprint density at radius 3 is 1.27 bits per heavy atom. The molecular weight excluding hydrogens is 496 g/mol. The quantitative estimate of drug-likeness (QED) is 0.230. The van der Waals surface area contributed by atoms with Crippen molar-refractivity contribution in [3.05, 3.63) is 143 Å². The molecule has 0 spiro atoms. The van der Waals surface area contributed by atoms with Crippen molar-refractivity contribution in [2.24, 2.45) is 0 Å². The summed E-state index contributed by atoms with van der Waals surface area (Å²) in [6.45, 7) is 0.959. The highest BCUT2D eigenvalue weighted by molar-refractivity contribution is 5.78. The third-order valence-corrected chi connectivity index (χ3v) is 7.93. The van der Waals surface area contributed by atoms with Crippen LogP contribution in [0.2, 0.25) is 0 Å². The molecule has 5 nitrogen and oxygen atoms in total. The first-order chi connectivity index (χ1) is 19.6. The highest BCUT2D eigenvalue weighted by Gasteiger charge is 2.44. The zero-order chi connectivity index (χ0) is 27.7. The van der Waals surface area contributed by atoms with E-state index in [2.05, 4.69) is 48.5 Å². The molecule has 2 atom stereocenters. The summed E-state index contributed by atoms with van der Waals surface area (Å²) in [5, 5.41) is 19.4. The van der Waals surface area contributed by atoms with Gasteiger partial charge in [-0.3, -0.25) is 0 Å². The second kappa shape index (κ2) is 13.4. The fourth-order valence-corrected chi connectivity index (χ4v) is 5.89. The van der Waals surface area contributed by atoms with Crippen LogP contribution in [0.5, 0.6) is 0 Å². The maximum absolute atomic E-state index is 14.2. The standard InChI is InChI=1S/C35H38N2O3/c38-25-31-15-7-13-29(21-31)23-36-33(19-17-27-9-3-1-4-10-27)34(20-18-28-11-5-2-6-12-28)37(35(36)40)24-30-14-8-16-32(22-30)26-39/h1-16,21-22,33-34,38-39H,17-20,23-26H2/t33-,34-/m1/s1. The van der Waals surface area contributed by atoms with Crippen LogP contribution in [0.15, 0.2) is 109 Å². The minimum absolute atomic E-state index is 0.0216. The largest absolute Gasteiger partial charge is 0.392 e. The molecule has 2 amide bonds. The van der Waals surface area contributed by atoms with E-state index in [-0.39, 0.29) is 31.3 Å². The Hall–Kier alpha value is -3.93. The maximum Gasteiger partial charge on any atom is 0.321 e. The van der Waals surface area contributed by atoms with Crippen LogP contribution in [0.25, 0.3) is 0 Å². The van der Waals surface area contributed by atoms with Gasteiger partial charge in [-0.2, -0.15) is 0 Å². The van der Waals surface area contributed by atoms with Crippen molar-refractivity contribution < 1.29 is 15.0 Å². The first-order valence-corrected chi connectivity index (χ1v) is 14.2. The Balaban J connectivity index is 1.47. The van der Waals surface area contributed by atoms with Crippen LogP contribution in [-0.2, 0) is 39.1 Å². The van der Waals surface area contributed by atoms with Crippen LogP contribution in [0.3, 0.4) is 0 Å². The van der Waals surface area contributed by atoms with Gasteiger partial charge in [0.05, 0.1) is 25.3 Å². The van der Waals surface area contributed by atoms with Gasteiger partial charge in [0.15, 0.2) is 0 Å². The number of urea groups is 1. The van der Waals surface area contributed by atoms with Crippen molar-refractivity contribution in [3.8, 4) is 0 Å². The third kappa shape index (κ3) is 6.79. The smallest absolute Gasteiger partial charge is 0.321 e. The first kappa shape index (κ1) is 27.6. The molecule has 1 saturated heterocycles. The van der Waals surface area contributed by atoms with E-state index < -0.39 is 0 Å². The van der Waals surface area contributed by atoms with Gasteiger partial charge < -0.3 is 20.0 Å². The van der Waals surface area contributed by atoms with Gasteiger partial charge in [0.1, 0.15) is 0 Å². The molecule has 0 bridgehead atoms. The molecule has 0 saturated carbocycles. The zero-order valence-corrected chi connectivity index (χ0v) is 22.9. The Morgan fingerprint density at radius 2 is 0.875 bits per heavy atom. The fraction of sp³-hybridized carbons (Fsp3) is 0.286. The third-order valence-electron chi connectivity index (χ3n) is 7.93. The summed E-state index contributed by atoms with van der Waals surface area (Å²) >= 11 is 0. The van der Waals surface area contributed by atoms with Crippen molar-refractivity contribution >= 4 is 6.03 Å². The lowest BCUT2D eigenvalue weighted by Gasteiger charge is -2.29. The average Bonchev–Trinajstić information content (AvgIpc) is 3.25.